The maximum Gasteiger partial charge on any atom is 0.329 e. The molecule has 328 valence electrons. The van der Waals surface area contributed by atoms with E-state index in [1.165, 1.54) is 27.6 Å². The fraction of sp³-hybridized carbons (Fsp3) is 0.511. The molecule has 1 atom stereocenters. The normalized spacial score (nSPS) is 23.3. The van der Waals surface area contributed by atoms with Crippen molar-refractivity contribution in [1.29, 1.82) is 0 Å². The van der Waals surface area contributed by atoms with Gasteiger partial charge in [0.05, 0.1) is 51.0 Å². The Kier molecular flexibility index (Phi) is 10.8. The van der Waals surface area contributed by atoms with E-state index in [9.17, 15) is 24.3 Å². The van der Waals surface area contributed by atoms with E-state index in [0.717, 1.165) is 36.8 Å². The Balaban J connectivity index is 0.818. The molecule has 3 amide bonds. The number of carbonyl (C=O) groups is 3. The highest BCUT2D eigenvalue weighted by Crippen LogP contribution is 2.52. The lowest BCUT2D eigenvalue weighted by molar-refractivity contribution is -0.179. The number of aliphatic hydroxyl groups is 1. The number of aromatic nitrogens is 5. The van der Waals surface area contributed by atoms with E-state index in [1.54, 1.807) is 27.0 Å². The number of carbonyl (C=O) groups excluding carboxylic acids is 3. The largest absolute Gasteiger partial charge is 0.386 e. The molecule has 1 saturated carbocycles. The van der Waals surface area contributed by atoms with Gasteiger partial charge in [-0.25, -0.2) is 13.6 Å². The van der Waals surface area contributed by atoms with Gasteiger partial charge < -0.3 is 15.3 Å². The average molecular weight is 872 g/mol. The molecule has 1 aliphatic carbocycles. The summed E-state index contributed by atoms with van der Waals surface area (Å²) in [6.45, 7) is 5.16. The van der Waals surface area contributed by atoms with Crippen molar-refractivity contribution in [3.8, 4) is 0 Å². The summed E-state index contributed by atoms with van der Waals surface area (Å²) in [7, 11) is 1.66. The molecule has 3 N–H and O–H groups in total. The number of fused-ring (bicyclic) bond motifs is 2. The van der Waals surface area contributed by atoms with Gasteiger partial charge >= 0.3 is 5.69 Å². The highest BCUT2D eigenvalue weighted by molar-refractivity contribution is 6.30. The predicted octanol–water partition coefficient (Wildman–Crippen LogP) is 6.55. The Morgan fingerprint density at radius 3 is 2.45 bits per heavy atom. The summed E-state index contributed by atoms with van der Waals surface area (Å²) < 4.78 is 37.7. The molecule has 2 aromatic carbocycles. The topological polar surface area (TPSA) is 160 Å². The van der Waals surface area contributed by atoms with Gasteiger partial charge in [-0.2, -0.15) is 5.10 Å². The number of pyridine rings is 1. The van der Waals surface area contributed by atoms with Crippen LogP contribution in [-0.4, -0.2) is 90.3 Å². The highest BCUT2D eigenvalue weighted by Gasteiger charge is 2.57. The number of nitrogens with one attached hydrogen (secondary N) is 2. The summed E-state index contributed by atoms with van der Waals surface area (Å²) in [6.07, 6.45) is 9.84. The molecule has 17 heteroatoms. The summed E-state index contributed by atoms with van der Waals surface area (Å²) >= 11 is 6.06. The van der Waals surface area contributed by atoms with Crippen molar-refractivity contribution >= 4 is 62.6 Å². The lowest BCUT2D eigenvalue weighted by Crippen LogP contribution is -2.59. The Morgan fingerprint density at radius 1 is 1.02 bits per heavy atom. The van der Waals surface area contributed by atoms with Gasteiger partial charge in [0.15, 0.2) is 0 Å². The smallest absolute Gasteiger partial charge is 0.329 e. The van der Waals surface area contributed by atoms with Crippen molar-refractivity contribution in [2.45, 2.75) is 95.2 Å². The van der Waals surface area contributed by atoms with Crippen LogP contribution in [0.4, 0.5) is 20.2 Å². The van der Waals surface area contributed by atoms with E-state index in [-0.39, 0.29) is 37.0 Å². The van der Waals surface area contributed by atoms with Gasteiger partial charge in [-0.1, -0.05) is 17.7 Å². The Morgan fingerprint density at radius 2 is 1.76 bits per heavy atom. The maximum atomic E-state index is 16.4. The van der Waals surface area contributed by atoms with Crippen LogP contribution < -0.4 is 21.2 Å². The zero-order valence-electron chi connectivity index (χ0n) is 35.2. The molecule has 0 bridgehead atoms. The fourth-order valence-electron chi connectivity index (χ4n) is 10.5. The summed E-state index contributed by atoms with van der Waals surface area (Å²) in [6, 6.07) is 10.0. The molecular weight excluding hydrogens is 820 g/mol. The Bertz CT molecular complexity index is 2630. The second-order valence-corrected chi connectivity index (χ2v) is 18.9. The number of aryl methyl sites for hydroxylation is 1. The van der Waals surface area contributed by atoms with Crippen LogP contribution in [0.3, 0.4) is 0 Å². The van der Waals surface area contributed by atoms with E-state index in [2.05, 4.69) is 20.5 Å². The van der Waals surface area contributed by atoms with Crippen LogP contribution >= 0.6 is 11.6 Å². The SMILES string of the molecule is Cn1c(=O)n(C2CCC(=O)NC2=O)c2cccc(N3CCC4(CCN(CC5CCC(n6cc7cc(NC(=O)c8cncc(Cl)c8)c(C(C)(C)O)cc7n6)CC5)CC4(F)F)CC3)c21. The zero-order chi connectivity index (χ0) is 43.7. The minimum atomic E-state index is -2.86. The number of halogens is 3. The number of amides is 3. The molecule has 1 unspecified atom stereocenters. The molecule has 6 heterocycles. The van der Waals surface area contributed by atoms with Crippen molar-refractivity contribution in [1.82, 2.24) is 34.1 Å². The van der Waals surface area contributed by atoms with Crippen LogP contribution in [0.2, 0.25) is 5.02 Å². The minimum Gasteiger partial charge on any atom is -0.386 e. The number of anilines is 2. The highest BCUT2D eigenvalue weighted by atomic mass is 35.5. The average Bonchev–Trinajstić information content (AvgIpc) is 3.76. The summed E-state index contributed by atoms with van der Waals surface area (Å²) in [4.78, 5) is 59.2. The third-order valence-electron chi connectivity index (χ3n) is 14.0. The second-order valence-electron chi connectivity index (χ2n) is 18.4. The number of rotatable bonds is 8. The van der Waals surface area contributed by atoms with Gasteiger partial charge in [0.25, 0.3) is 11.8 Å². The number of para-hydroxylation sites is 1. The van der Waals surface area contributed by atoms with E-state index in [0.29, 0.717) is 89.7 Å². The van der Waals surface area contributed by atoms with Gasteiger partial charge in [0, 0.05) is 73.7 Å². The molecule has 62 heavy (non-hydrogen) atoms. The first-order chi connectivity index (χ1) is 29.5. The summed E-state index contributed by atoms with van der Waals surface area (Å²) in [5.41, 5.74) is 1.29. The molecule has 3 aromatic heterocycles. The maximum absolute atomic E-state index is 16.4. The first-order valence-corrected chi connectivity index (χ1v) is 21.9. The number of hydrogen-bond donors (Lipinski definition) is 3. The lowest BCUT2D eigenvalue weighted by atomic mass is 9.68. The van der Waals surface area contributed by atoms with Gasteiger partial charge in [-0.3, -0.25) is 43.4 Å². The molecule has 5 aromatic rings. The van der Waals surface area contributed by atoms with Gasteiger partial charge in [-0.15, -0.1) is 0 Å². The van der Waals surface area contributed by atoms with Crippen LogP contribution in [0.1, 0.15) is 99.6 Å². The van der Waals surface area contributed by atoms with Gasteiger partial charge in [0.1, 0.15) is 6.04 Å². The van der Waals surface area contributed by atoms with Crippen molar-refractivity contribution in [2.75, 3.05) is 42.9 Å². The van der Waals surface area contributed by atoms with E-state index < -0.39 is 34.8 Å². The number of hydrogen-bond acceptors (Lipinski definition) is 9. The number of likely N-dealkylation sites (tertiary alicyclic amines) is 1. The monoisotopic (exact) mass is 871 g/mol. The standard InChI is InChI=1S/C45H52ClF2N9O5/c1-43(2,62)32-21-33-29(20-34(32)50-40(59)28-19-30(46)23-49-22-28)25-56(52-33)31-9-7-27(8-10-31)24-54-16-13-44(45(47,48)26-54)14-17-55(18-15-44)35-5-4-6-36-39(35)53(3)42(61)57(36)37-11-12-38(58)51-41(37)60/h4-6,19-23,25,27,31,37,62H,7-18,24,26H2,1-3H3,(H,50,59)(H,51,58,60). The predicted molar refractivity (Wildman–Crippen MR) is 232 cm³/mol. The molecule has 1 spiro atoms. The van der Waals surface area contributed by atoms with Crippen molar-refractivity contribution in [2.24, 2.45) is 18.4 Å². The zero-order valence-corrected chi connectivity index (χ0v) is 35.9. The number of imide groups is 1. The van der Waals surface area contributed by atoms with E-state index in [4.69, 9.17) is 16.7 Å². The number of imidazole rings is 1. The molecule has 14 nitrogen and oxygen atoms in total. The molecule has 3 aliphatic heterocycles. The third-order valence-corrected chi connectivity index (χ3v) is 14.2. The van der Waals surface area contributed by atoms with Crippen molar-refractivity contribution in [3.63, 3.8) is 0 Å². The third kappa shape index (κ3) is 7.67. The van der Waals surface area contributed by atoms with Crippen LogP contribution in [0, 0.1) is 11.3 Å². The quantitative estimate of drug-likeness (QED) is 0.147. The summed E-state index contributed by atoms with van der Waals surface area (Å²) in [5.74, 6) is -3.81. The number of alkyl halides is 2. The lowest BCUT2D eigenvalue weighted by Gasteiger charge is -2.52. The first-order valence-electron chi connectivity index (χ1n) is 21.6. The van der Waals surface area contributed by atoms with Crippen molar-refractivity contribution < 1.29 is 28.3 Å². The van der Waals surface area contributed by atoms with Crippen LogP contribution in [0.15, 0.2) is 59.8 Å². The Labute approximate surface area is 362 Å². The number of nitrogens with zero attached hydrogens (tertiary/aromatic N) is 7. The van der Waals surface area contributed by atoms with Gasteiger partial charge in [0.2, 0.25) is 11.8 Å². The fourth-order valence-corrected chi connectivity index (χ4v) is 10.7. The minimum absolute atomic E-state index is 0.139. The van der Waals surface area contributed by atoms with Gasteiger partial charge in [-0.05, 0) is 108 Å². The van der Waals surface area contributed by atoms with Crippen LogP contribution in [0.5, 0.6) is 0 Å². The Hall–Kier alpha value is -5.19. The van der Waals surface area contributed by atoms with Crippen molar-refractivity contribution in [3.05, 3.63) is 81.6 Å². The van der Waals surface area contributed by atoms with E-state index in [1.807, 2.05) is 40.0 Å². The molecule has 9 rings (SSSR count). The molecule has 4 aliphatic rings. The molecule has 4 fully saturated rings. The van der Waals surface area contributed by atoms with E-state index >= 15 is 8.78 Å². The molecular formula is C45H52ClF2N9O5. The number of benzene rings is 2. The first kappa shape index (κ1) is 42.1. The van der Waals surface area contributed by atoms with Crippen LogP contribution in [-0.2, 0) is 22.2 Å². The molecule has 3 saturated heterocycles. The number of piperidine rings is 3. The second kappa shape index (κ2) is 15.9. The molecule has 0 radical (unpaired) electrons. The summed E-state index contributed by atoms with van der Waals surface area (Å²) in [5, 5.41) is 22.3. The van der Waals surface area contributed by atoms with Crippen LogP contribution in [0.25, 0.3) is 21.9 Å².